The van der Waals surface area contributed by atoms with Gasteiger partial charge in [0.05, 0.1) is 39.4 Å². The molecule has 2 unspecified atom stereocenters. The molecule has 1 aromatic carbocycles. The van der Waals surface area contributed by atoms with Crippen molar-refractivity contribution in [2.75, 3.05) is 19.7 Å². The van der Waals surface area contributed by atoms with Crippen LogP contribution in [0, 0.1) is 15.5 Å². The van der Waals surface area contributed by atoms with Gasteiger partial charge in [-0.25, -0.2) is 9.97 Å². The van der Waals surface area contributed by atoms with Crippen molar-refractivity contribution in [2.45, 2.75) is 51.4 Å². The molecule has 0 saturated heterocycles. The molecule has 2 bridgehead atoms. The zero-order valence-corrected chi connectivity index (χ0v) is 17.2. The maximum absolute atomic E-state index is 13.8. The number of carbonyl (C=O) groups excluding carboxylic acids is 1. The second-order valence-corrected chi connectivity index (χ2v) is 8.82. The Bertz CT molecular complexity index is 1040. The fourth-order valence-corrected chi connectivity index (χ4v) is 5.47. The van der Waals surface area contributed by atoms with Crippen LogP contribution in [0.5, 0.6) is 0 Å². The highest BCUT2D eigenvalue weighted by Gasteiger charge is 2.73. The summed E-state index contributed by atoms with van der Waals surface area (Å²) in [5.74, 6) is -0.0411. The van der Waals surface area contributed by atoms with Crippen LogP contribution in [0.15, 0.2) is 18.2 Å². The number of likely N-dealkylation sites (N-methyl/N-ethyl adjacent to an activating group) is 1. The number of amides is 1. The fourth-order valence-electron chi connectivity index (χ4n) is 5.47. The first-order valence-corrected chi connectivity index (χ1v) is 10.0. The second kappa shape index (κ2) is 6.19. The Morgan fingerprint density at radius 2 is 1.90 bits per heavy atom. The first kappa shape index (κ1) is 19.7. The molecule has 1 saturated carbocycles. The number of aliphatic hydroxyl groups is 1. The average Bonchev–Trinajstić information content (AvgIpc) is 2.99. The van der Waals surface area contributed by atoms with E-state index in [2.05, 4.69) is 20.8 Å². The summed E-state index contributed by atoms with van der Waals surface area (Å²) < 4.78 is 0. The van der Waals surface area contributed by atoms with Crippen LogP contribution in [0.2, 0.25) is 0 Å². The van der Waals surface area contributed by atoms with Crippen molar-refractivity contribution in [1.82, 2.24) is 14.9 Å². The third kappa shape index (κ3) is 2.26. The minimum atomic E-state index is -0.853. The molecule has 154 valence electrons. The SMILES string of the molecule is CCN(CCO)C(=O)C12CCC(C)(c3nc4ccc([N+](=O)[O-])cc4nc31)C2(C)C. The lowest BCUT2D eigenvalue weighted by atomic mass is 9.63. The van der Waals surface area contributed by atoms with E-state index in [0.717, 1.165) is 12.1 Å². The molecule has 0 radical (unpaired) electrons. The van der Waals surface area contributed by atoms with E-state index in [1.54, 1.807) is 11.0 Å². The minimum absolute atomic E-state index is 0.0411. The van der Waals surface area contributed by atoms with Crippen molar-refractivity contribution in [2.24, 2.45) is 5.41 Å². The summed E-state index contributed by atoms with van der Waals surface area (Å²) in [5.41, 5.74) is 0.857. The Morgan fingerprint density at radius 3 is 2.52 bits per heavy atom. The average molecular weight is 398 g/mol. The molecule has 2 atom stereocenters. The van der Waals surface area contributed by atoms with Gasteiger partial charge in [0.25, 0.3) is 5.69 Å². The third-order valence-corrected chi connectivity index (χ3v) is 7.64. The lowest BCUT2D eigenvalue weighted by Gasteiger charge is -2.42. The van der Waals surface area contributed by atoms with E-state index in [4.69, 9.17) is 9.97 Å². The number of benzene rings is 1. The van der Waals surface area contributed by atoms with Crippen molar-refractivity contribution in [3.8, 4) is 0 Å². The maximum Gasteiger partial charge on any atom is 0.271 e. The van der Waals surface area contributed by atoms with Crippen LogP contribution >= 0.6 is 0 Å². The number of aromatic nitrogens is 2. The van der Waals surface area contributed by atoms with Gasteiger partial charge >= 0.3 is 0 Å². The predicted octanol–water partition coefficient (Wildman–Crippen LogP) is 2.71. The van der Waals surface area contributed by atoms with E-state index >= 15 is 0 Å². The fraction of sp³-hybridized carbons (Fsp3) is 0.571. The van der Waals surface area contributed by atoms with Gasteiger partial charge in [-0.3, -0.25) is 14.9 Å². The number of carbonyl (C=O) groups is 1. The van der Waals surface area contributed by atoms with Crippen LogP contribution in [0.25, 0.3) is 11.0 Å². The van der Waals surface area contributed by atoms with Gasteiger partial charge in [0.15, 0.2) is 0 Å². The van der Waals surface area contributed by atoms with Crippen LogP contribution in [-0.4, -0.2) is 50.5 Å². The molecule has 2 aliphatic carbocycles. The standard InChI is InChI=1S/C21H26N4O4/c1-5-24(10-11-26)18(27)21-9-8-20(4,19(21,2)3)16-17(21)23-15-12-13(25(28)29)6-7-14(15)22-16/h6-7,12,26H,5,8-11H2,1-4H3. The Labute approximate surface area is 169 Å². The summed E-state index contributed by atoms with van der Waals surface area (Å²) in [6.07, 6.45) is 1.47. The maximum atomic E-state index is 13.8. The summed E-state index contributed by atoms with van der Waals surface area (Å²) in [7, 11) is 0. The molecule has 0 spiro atoms. The number of nitro groups is 1. The van der Waals surface area contributed by atoms with E-state index in [1.807, 2.05) is 6.92 Å². The smallest absolute Gasteiger partial charge is 0.271 e. The molecule has 1 heterocycles. The van der Waals surface area contributed by atoms with E-state index in [0.29, 0.717) is 29.7 Å². The molecule has 1 aromatic heterocycles. The topological polar surface area (TPSA) is 109 Å². The largest absolute Gasteiger partial charge is 0.395 e. The van der Waals surface area contributed by atoms with Crippen LogP contribution < -0.4 is 0 Å². The normalized spacial score (nSPS) is 26.5. The van der Waals surface area contributed by atoms with Crippen molar-refractivity contribution in [1.29, 1.82) is 0 Å². The van der Waals surface area contributed by atoms with Crippen molar-refractivity contribution in [3.63, 3.8) is 0 Å². The molecule has 1 fully saturated rings. The molecular weight excluding hydrogens is 372 g/mol. The number of nitrogens with zero attached hydrogens (tertiary/aromatic N) is 4. The van der Waals surface area contributed by atoms with E-state index < -0.39 is 15.8 Å². The molecule has 1 amide bonds. The number of hydrogen-bond donors (Lipinski definition) is 1. The van der Waals surface area contributed by atoms with E-state index in [1.165, 1.54) is 12.1 Å². The van der Waals surface area contributed by atoms with Gasteiger partial charge in [-0.05, 0) is 31.2 Å². The highest BCUT2D eigenvalue weighted by Crippen LogP contribution is 2.70. The number of non-ortho nitro benzene ring substituents is 1. The molecule has 8 heteroatoms. The molecule has 29 heavy (non-hydrogen) atoms. The van der Waals surface area contributed by atoms with Crippen LogP contribution in [-0.2, 0) is 15.6 Å². The summed E-state index contributed by atoms with van der Waals surface area (Å²) in [6.45, 7) is 8.90. The Kier molecular flexibility index (Phi) is 4.21. The van der Waals surface area contributed by atoms with Gasteiger partial charge in [0.1, 0.15) is 0 Å². The number of rotatable bonds is 5. The zero-order chi connectivity index (χ0) is 21.2. The Balaban J connectivity index is 1.98. The molecule has 0 aliphatic heterocycles. The zero-order valence-electron chi connectivity index (χ0n) is 17.2. The van der Waals surface area contributed by atoms with Gasteiger partial charge in [-0.15, -0.1) is 0 Å². The number of hydrogen-bond acceptors (Lipinski definition) is 6. The van der Waals surface area contributed by atoms with Crippen molar-refractivity contribution in [3.05, 3.63) is 39.7 Å². The second-order valence-electron chi connectivity index (χ2n) is 8.82. The molecule has 8 nitrogen and oxygen atoms in total. The van der Waals surface area contributed by atoms with Gasteiger partial charge < -0.3 is 10.0 Å². The van der Waals surface area contributed by atoms with Crippen LogP contribution in [0.1, 0.15) is 51.9 Å². The van der Waals surface area contributed by atoms with Crippen molar-refractivity contribution < 1.29 is 14.8 Å². The van der Waals surface area contributed by atoms with Crippen LogP contribution in [0.3, 0.4) is 0 Å². The molecule has 2 aliphatic rings. The Morgan fingerprint density at radius 1 is 1.21 bits per heavy atom. The monoisotopic (exact) mass is 398 g/mol. The lowest BCUT2D eigenvalue weighted by molar-refractivity contribution is -0.384. The van der Waals surface area contributed by atoms with E-state index in [9.17, 15) is 20.0 Å². The third-order valence-electron chi connectivity index (χ3n) is 7.64. The molecule has 1 N–H and O–H groups in total. The highest BCUT2D eigenvalue weighted by molar-refractivity contribution is 5.93. The summed E-state index contributed by atoms with van der Waals surface area (Å²) >= 11 is 0. The Hall–Kier alpha value is -2.61. The number of aliphatic hydroxyl groups excluding tert-OH is 1. The van der Waals surface area contributed by atoms with Gasteiger partial charge in [0.2, 0.25) is 5.91 Å². The number of nitro benzene ring substituents is 1. The van der Waals surface area contributed by atoms with Gasteiger partial charge in [0, 0.05) is 30.6 Å². The summed E-state index contributed by atoms with van der Waals surface area (Å²) in [4.78, 5) is 35.9. The molecule has 2 aromatic rings. The summed E-state index contributed by atoms with van der Waals surface area (Å²) in [5, 5.41) is 20.6. The van der Waals surface area contributed by atoms with E-state index in [-0.39, 0.29) is 30.2 Å². The van der Waals surface area contributed by atoms with Gasteiger partial charge in [-0.1, -0.05) is 20.8 Å². The molecular formula is C21H26N4O4. The first-order chi connectivity index (χ1) is 13.6. The lowest BCUT2D eigenvalue weighted by Crippen LogP contribution is -2.53. The van der Waals surface area contributed by atoms with Gasteiger partial charge in [-0.2, -0.15) is 0 Å². The van der Waals surface area contributed by atoms with Crippen LogP contribution in [0.4, 0.5) is 5.69 Å². The minimum Gasteiger partial charge on any atom is -0.395 e. The predicted molar refractivity (Wildman–Crippen MR) is 108 cm³/mol. The van der Waals surface area contributed by atoms with Crippen molar-refractivity contribution >= 4 is 22.6 Å². The quantitative estimate of drug-likeness (QED) is 0.613. The number of fused-ring (bicyclic) bond motifs is 6. The molecule has 4 rings (SSSR count). The highest BCUT2D eigenvalue weighted by atomic mass is 16.6. The first-order valence-electron chi connectivity index (χ1n) is 10.0. The summed E-state index contributed by atoms with van der Waals surface area (Å²) in [6, 6.07) is 4.49.